The van der Waals surface area contributed by atoms with Gasteiger partial charge in [-0.2, -0.15) is 0 Å². The van der Waals surface area contributed by atoms with Crippen LogP contribution in [-0.2, 0) is 4.79 Å². The van der Waals surface area contributed by atoms with Gasteiger partial charge in [0.05, 0.1) is 10.8 Å². The summed E-state index contributed by atoms with van der Waals surface area (Å²) in [5.74, 6) is -0.720. The third-order valence-corrected chi connectivity index (χ3v) is 8.35. The molecule has 2 N–H and O–H groups in total. The van der Waals surface area contributed by atoms with Gasteiger partial charge in [-0.1, -0.05) is 107 Å². The van der Waals surface area contributed by atoms with E-state index in [1.54, 1.807) is 54.6 Å². The molecular weight excluding hydrogens is 576 g/mol. The van der Waals surface area contributed by atoms with Crippen LogP contribution in [0, 0.1) is 0 Å². The molecule has 2 aromatic heterocycles. The van der Waals surface area contributed by atoms with Gasteiger partial charge in [0.1, 0.15) is 0 Å². The number of thioether (sulfide) groups is 1. The van der Waals surface area contributed by atoms with E-state index in [2.05, 4.69) is 31.0 Å². The zero-order valence-corrected chi connectivity index (χ0v) is 23.0. The second-order valence-corrected chi connectivity index (χ2v) is 11.4. The Labute approximate surface area is 239 Å². The SMILES string of the molecule is O=C(CSc1nnc(NC(=O)c2ccc(C(=O)c3ccccc3)cc2)s1)Nc1nnc(-c2ccccc2Cl)s1. The average Bonchev–Trinajstić information content (AvgIpc) is 3.62. The first-order chi connectivity index (χ1) is 19.0. The van der Waals surface area contributed by atoms with Gasteiger partial charge in [0, 0.05) is 22.3 Å². The van der Waals surface area contributed by atoms with Crippen LogP contribution in [0.5, 0.6) is 0 Å². The van der Waals surface area contributed by atoms with E-state index in [-0.39, 0.29) is 23.4 Å². The third kappa shape index (κ3) is 6.73. The maximum Gasteiger partial charge on any atom is 0.257 e. The van der Waals surface area contributed by atoms with Crippen LogP contribution in [-0.4, -0.2) is 43.7 Å². The monoisotopic (exact) mass is 592 g/mol. The summed E-state index contributed by atoms with van der Waals surface area (Å²) in [7, 11) is 0. The molecule has 0 aliphatic heterocycles. The van der Waals surface area contributed by atoms with E-state index < -0.39 is 0 Å². The number of carbonyl (C=O) groups excluding carboxylic acids is 3. The summed E-state index contributed by atoms with van der Waals surface area (Å²) < 4.78 is 0.512. The topological polar surface area (TPSA) is 127 Å². The number of hydrogen-bond acceptors (Lipinski definition) is 10. The summed E-state index contributed by atoms with van der Waals surface area (Å²) >= 11 is 9.74. The molecule has 0 saturated heterocycles. The van der Waals surface area contributed by atoms with Gasteiger partial charge < -0.3 is 0 Å². The molecule has 0 radical (unpaired) electrons. The zero-order chi connectivity index (χ0) is 27.2. The number of rotatable bonds is 9. The Hall–Kier alpha value is -3.97. The maximum absolute atomic E-state index is 12.6. The summed E-state index contributed by atoms with van der Waals surface area (Å²) in [6.07, 6.45) is 0. The number of anilines is 2. The number of carbonyl (C=O) groups is 3. The molecule has 3 aromatic carbocycles. The second kappa shape index (κ2) is 12.3. The molecule has 0 fully saturated rings. The van der Waals surface area contributed by atoms with E-state index in [9.17, 15) is 14.4 Å². The van der Waals surface area contributed by atoms with Crippen molar-refractivity contribution in [2.75, 3.05) is 16.4 Å². The lowest BCUT2D eigenvalue weighted by molar-refractivity contribution is -0.113. The van der Waals surface area contributed by atoms with Gasteiger partial charge in [0.2, 0.25) is 16.2 Å². The zero-order valence-electron chi connectivity index (χ0n) is 19.8. The molecule has 2 heterocycles. The lowest BCUT2D eigenvalue weighted by Gasteiger charge is -2.04. The first-order valence-corrected chi connectivity index (χ1v) is 14.3. The van der Waals surface area contributed by atoms with Crippen molar-refractivity contribution in [1.82, 2.24) is 20.4 Å². The highest BCUT2D eigenvalue weighted by atomic mass is 35.5. The number of nitrogens with zero attached hydrogens (tertiary/aromatic N) is 4. The van der Waals surface area contributed by atoms with E-state index in [0.29, 0.717) is 41.3 Å². The first-order valence-electron chi connectivity index (χ1n) is 11.3. The smallest absolute Gasteiger partial charge is 0.257 e. The summed E-state index contributed by atoms with van der Waals surface area (Å²) in [5, 5.41) is 23.3. The molecule has 0 bridgehead atoms. The van der Waals surface area contributed by atoms with E-state index in [1.807, 2.05) is 24.3 Å². The maximum atomic E-state index is 12.6. The van der Waals surface area contributed by atoms with Crippen molar-refractivity contribution in [2.45, 2.75) is 4.34 Å². The Bertz CT molecular complexity index is 1640. The Morgan fingerprint density at radius 3 is 2.13 bits per heavy atom. The van der Waals surface area contributed by atoms with Crippen LogP contribution < -0.4 is 10.6 Å². The predicted molar refractivity (Wildman–Crippen MR) is 154 cm³/mol. The molecule has 9 nitrogen and oxygen atoms in total. The largest absolute Gasteiger partial charge is 0.300 e. The highest BCUT2D eigenvalue weighted by Crippen LogP contribution is 2.32. The van der Waals surface area contributed by atoms with Gasteiger partial charge in [-0.15, -0.1) is 20.4 Å². The molecule has 13 heteroatoms. The van der Waals surface area contributed by atoms with Crippen LogP contribution in [0.4, 0.5) is 10.3 Å². The van der Waals surface area contributed by atoms with E-state index in [0.717, 1.165) is 16.9 Å². The summed E-state index contributed by atoms with van der Waals surface area (Å²) in [4.78, 5) is 37.5. The van der Waals surface area contributed by atoms with Crippen molar-refractivity contribution in [3.05, 3.63) is 101 Å². The molecule has 0 aliphatic rings. The lowest BCUT2D eigenvalue weighted by atomic mass is 10.0. The Morgan fingerprint density at radius 1 is 0.718 bits per heavy atom. The summed E-state index contributed by atoms with van der Waals surface area (Å²) in [5.41, 5.74) is 2.18. The van der Waals surface area contributed by atoms with Crippen molar-refractivity contribution >= 4 is 73.9 Å². The summed E-state index contributed by atoms with van der Waals surface area (Å²) in [6.45, 7) is 0. The number of benzene rings is 3. The number of hydrogen-bond donors (Lipinski definition) is 2. The molecular formula is C26H17ClN6O3S3. The minimum atomic E-state index is -0.384. The number of halogens is 1. The normalized spacial score (nSPS) is 10.7. The molecule has 5 aromatic rings. The molecule has 2 amide bonds. The van der Waals surface area contributed by atoms with E-state index in [4.69, 9.17) is 11.6 Å². The third-order valence-electron chi connectivity index (χ3n) is 5.17. The second-order valence-electron chi connectivity index (χ2n) is 7.83. The molecule has 0 saturated carbocycles. The number of ketones is 1. The van der Waals surface area contributed by atoms with Crippen LogP contribution in [0.15, 0.2) is 83.2 Å². The molecule has 0 aliphatic carbocycles. The molecule has 0 atom stereocenters. The number of amides is 2. The highest BCUT2D eigenvalue weighted by Gasteiger charge is 2.15. The molecule has 0 unspecified atom stereocenters. The minimum Gasteiger partial charge on any atom is -0.300 e. The van der Waals surface area contributed by atoms with E-state index >= 15 is 0 Å². The van der Waals surface area contributed by atoms with Crippen LogP contribution in [0.1, 0.15) is 26.3 Å². The molecule has 0 spiro atoms. The fourth-order valence-corrected chi connectivity index (χ4v) is 5.94. The Kier molecular flexibility index (Phi) is 8.37. The van der Waals surface area contributed by atoms with Crippen molar-refractivity contribution in [1.29, 1.82) is 0 Å². The first kappa shape index (κ1) is 26.6. The average molecular weight is 593 g/mol. The van der Waals surface area contributed by atoms with Gasteiger partial charge >= 0.3 is 0 Å². The van der Waals surface area contributed by atoms with Gasteiger partial charge in [-0.3, -0.25) is 25.0 Å². The fraction of sp³-hybridized carbons (Fsp3) is 0.0385. The van der Waals surface area contributed by atoms with Crippen LogP contribution in [0.3, 0.4) is 0 Å². The number of nitrogens with one attached hydrogen (secondary N) is 2. The molecule has 39 heavy (non-hydrogen) atoms. The minimum absolute atomic E-state index is 0.0699. The van der Waals surface area contributed by atoms with Gasteiger partial charge in [-0.05, 0) is 18.2 Å². The summed E-state index contributed by atoms with van der Waals surface area (Å²) in [6, 6.07) is 22.6. The quantitative estimate of drug-likeness (QED) is 0.123. The highest BCUT2D eigenvalue weighted by molar-refractivity contribution is 8.01. The fourth-order valence-electron chi connectivity index (χ4n) is 3.32. The predicted octanol–water partition coefficient (Wildman–Crippen LogP) is 5.92. The van der Waals surface area contributed by atoms with E-state index in [1.165, 1.54) is 23.1 Å². The van der Waals surface area contributed by atoms with Crippen LogP contribution in [0.2, 0.25) is 5.02 Å². The van der Waals surface area contributed by atoms with Gasteiger partial charge in [-0.25, -0.2) is 0 Å². The van der Waals surface area contributed by atoms with Gasteiger partial charge in [0.25, 0.3) is 5.91 Å². The molecule has 194 valence electrons. The van der Waals surface area contributed by atoms with Crippen molar-refractivity contribution in [3.63, 3.8) is 0 Å². The number of aromatic nitrogens is 4. The Balaban J connectivity index is 1.12. The van der Waals surface area contributed by atoms with Crippen molar-refractivity contribution < 1.29 is 14.4 Å². The van der Waals surface area contributed by atoms with Gasteiger partial charge in [0.15, 0.2) is 15.1 Å². The standard InChI is InChI=1S/C26H17ClN6O3S3/c27-19-9-5-4-8-18(19)23-30-31-24(38-23)28-20(34)14-37-26-33-32-25(39-26)29-22(36)17-12-10-16(11-13-17)21(35)15-6-2-1-3-7-15/h1-13H,14H2,(H,28,31,34)(H,29,32,36). The van der Waals surface area contributed by atoms with Crippen LogP contribution >= 0.6 is 46.0 Å². The molecule has 5 rings (SSSR count). The van der Waals surface area contributed by atoms with Crippen molar-refractivity contribution in [2.24, 2.45) is 0 Å². The van der Waals surface area contributed by atoms with Crippen molar-refractivity contribution in [3.8, 4) is 10.6 Å². The Morgan fingerprint density at radius 2 is 1.36 bits per heavy atom. The lowest BCUT2D eigenvalue weighted by Crippen LogP contribution is -2.13. The van der Waals surface area contributed by atoms with Crippen LogP contribution in [0.25, 0.3) is 10.6 Å².